The molecule has 0 radical (unpaired) electrons. The first-order chi connectivity index (χ1) is 25.4. The number of amides is 1. The van der Waals surface area contributed by atoms with Gasteiger partial charge in [0.2, 0.25) is 5.75 Å². The molecule has 0 aromatic heterocycles. The first kappa shape index (κ1) is 40.7. The molecule has 5 rings (SSSR count). The van der Waals surface area contributed by atoms with E-state index >= 15 is 0 Å². The Bertz CT molecular complexity index is 1510. The van der Waals surface area contributed by atoms with Gasteiger partial charge in [0.1, 0.15) is 0 Å². The number of benzene rings is 3. The van der Waals surface area contributed by atoms with Gasteiger partial charge in [0.25, 0.3) is 5.91 Å². The molecule has 2 fully saturated rings. The third-order valence-corrected chi connectivity index (χ3v) is 9.66. The Balaban J connectivity index is 0.000000269. The lowest BCUT2D eigenvalue weighted by atomic mass is 10.1. The molecule has 0 spiro atoms. The molecular weight excluding hydrogens is 649 g/mol. The fourth-order valence-electron chi connectivity index (χ4n) is 6.86. The van der Waals surface area contributed by atoms with Gasteiger partial charge in [0.05, 0.1) is 21.3 Å². The van der Waals surface area contributed by atoms with Crippen molar-refractivity contribution in [3.63, 3.8) is 0 Å². The summed E-state index contributed by atoms with van der Waals surface area (Å²) in [6.07, 6.45) is 12.3. The van der Waals surface area contributed by atoms with Crippen molar-refractivity contribution in [1.29, 1.82) is 0 Å². The monoisotopic (exact) mass is 710 g/mol. The number of carbonyl (C=O) groups is 1. The average Bonchev–Trinajstić information content (AvgIpc) is 3.19. The highest BCUT2D eigenvalue weighted by Gasteiger charge is 2.22. The maximum absolute atomic E-state index is 13.7. The number of ether oxygens (including phenoxy) is 3. The minimum atomic E-state index is -0.0490. The van der Waals surface area contributed by atoms with E-state index in [1.165, 1.54) is 69.3 Å². The summed E-state index contributed by atoms with van der Waals surface area (Å²) in [5.41, 5.74) is 5.46. The van der Waals surface area contributed by atoms with Crippen LogP contribution in [0.3, 0.4) is 0 Å². The van der Waals surface area contributed by atoms with Crippen molar-refractivity contribution in [1.82, 2.24) is 20.0 Å². The second-order valence-electron chi connectivity index (χ2n) is 13.9. The predicted octanol–water partition coefficient (Wildman–Crippen LogP) is 7.91. The molecule has 2 aliphatic heterocycles. The third-order valence-electron chi connectivity index (χ3n) is 9.66. The number of rotatable bonds is 16. The van der Waals surface area contributed by atoms with Crippen molar-refractivity contribution in [3.05, 3.63) is 101 Å². The fraction of sp³-hybridized carbons (Fsp3) is 0.477. The van der Waals surface area contributed by atoms with Gasteiger partial charge in [-0.3, -0.25) is 4.79 Å². The number of carbonyl (C=O) groups excluding carboxylic acids is 1. The number of nitrogens with zero attached hydrogens (tertiary/aromatic N) is 3. The Morgan fingerprint density at radius 3 is 1.69 bits per heavy atom. The first-order valence-electron chi connectivity index (χ1n) is 19.1. The summed E-state index contributed by atoms with van der Waals surface area (Å²) >= 11 is 0. The van der Waals surface area contributed by atoms with E-state index in [2.05, 4.69) is 83.6 Å². The SMILES string of the molecule is C/C(=C\c1ccccc1)CNCCN1CCCCC1.COc1cc(C(=O)N(CCN2CCCCC2)C/C(C)=C/c2ccccc2)cc(OC)c1OC. The van der Waals surface area contributed by atoms with Crippen LogP contribution in [0, 0.1) is 0 Å². The molecule has 3 aromatic carbocycles. The van der Waals surface area contributed by atoms with Crippen LogP contribution in [0.25, 0.3) is 12.2 Å². The van der Waals surface area contributed by atoms with E-state index in [9.17, 15) is 4.79 Å². The van der Waals surface area contributed by atoms with Crippen LogP contribution in [0.4, 0.5) is 0 Å². The molecule has 1 amide bonds. The second-order valence-corrected chi connectivity index (χ2v) is 13.9. The highest BCUT2D eigenvalue weighted by atomic mass is 16.5. The van der Waals surface area contributed by atoms with Crippen LogP contribution in [0.5, 0.6) is 17.2 Å². The Hall–Kier alpha value is -4.11. The van der Waals surface area contributed by atoms with Crippen LogP contribution >= 0.6 is 0 Å². The van der Waals surface area contributed by atoms with E-state index < -0.39 is 0 Å². The van der Waals surface area contributed by atoms with E-state index in [0.717, 1.165) is 43.9 Å². The zero-order chi connectivity index (χ0) is 37.0. The topological polar surface area (TPSA) is 66.5 Å². The van der Waals surface area contributed by atoms with Crippen molar-refractivity contribution in [2.24, 2.45) is 0 Å². The van der Waals surface area contributed by atoms with Crippen LogP contribution in [0.2, 0.25) is 0 Å². The van der Waals surface area contributed by atoms with E-state index in [4.69, 9.17) is 14.2 Å². The molecule has 2 saturated heterocycles. The summed E-state index contributed by atoms with van der Waals surface area (Å²) in [5.74, 6) is 1.39. The second kappa shape index (κ2) is 22.7. The zero-order valence-electron chi connectivity index (χ0n) is 32.4. The van der Waals surface area contributed by atoms with Gasteiger partial charge in [0, 0.05) is 44.8 Å². The molecule has 52 heavy (non-hydrogen) atoms. The molecule has 0 saturated carbocycles. The fourth-order valence-corrected chi connectivity index (χ4v) is 6.86. The molecule has 1 N–H and O–H groups in total. The lowest BCUT2D eigenvalue weighted by molar-refractivity contribution is 0.0744. The lowest BCUT2D eigenvalue weighted by Crippen LogP contribution is -2.41. The van der Waals surface area contributed by atoms with Crippen molar-refractivity contribution in [2.45, 2.75) is 52.4 Å². The zero-order valence-corrected chi connectivity index (χ0v) is 32.4. The normalized spacial score (nSPS) is 15.7. The van der Waals surface area contributed by atoms with E-state index in [1.54, 1.807) is 33.5 Å². The number of hydrogen-bond donors (Lipinski definition) is 1. The smallest absolute Gasteiger partial charge is 0.254 e. The maximum Gasteiger partial charge on any atom is 0.254 e. The molecule has 282 valence electrons. The molecule has 0 atom stereocenters. The molecule has 0 aliphatic carbocycles. The first-order valence-corrected chi connectivity index (χ1v) is 19.1. The van der Waals surface area contributed by atoms with E-state index in [-0.39, 0.29) is 5.91 Å². The van der Waals surface area contributed by atoms with Crippen LogP contribution in [0.1, 0.15) is 73.9 Å². The molecule has 0 unspecified atom stereocenters. The minimum Gasteiger partial charge on any atom is -0.493 e. The minimum absolute atomic E-state index is 0.0490. The summed E-state index contributed by atoms with van der Waals surface area (Å²) in [6.45, 7) is 14.4. The maximum atomic E-state index is 13.7. The van der Waals surface area contributed by atoms with Crippen molar-refractivity contribution >= 4 is 18.1 Å². The van der Waals surface area contributed by atoms with Gasteiger partial charge >= 0.3 is 0 Å². The van der Waals surface area contributed by atoms with Crippen molar-refractivity contribution in [3.8, 4) is 17.2 Å². The van der Waals surface area contributed by atoms with Gasteiger partial charge in [-0.2, -0.15) is 0 Å². The number of methoxy groups -OCH3 is 3. The highest BCUT2D eigenvalue weighted by Crippen LogP contribution is 2.38. The average molecular weight is 711 g/mol. The van der Waals surface area contributed by atoms with Crippen molar-refractivity contribution in [2.75, 3.05) is 86.8 Å². The largest absolute Gasteiger partial charge is 0.493 e. The molecule has 0 bridgehead atoms. The van der Waals surface area contributed by atoms with Crippen LogP contribution in [-0.2, 0) is 0 Å². The Morgan fingerprint density at radius 1 is 0.692 bits per heavy atom. The van der Waals surface area contributed by atoms with Gasteiger partial charge in [-0.1, -0.05) is 96.8 Å². The van der Waals surface area contributed by atoms with Crippen LogP contribution in [-0.4, -0.2) is 107 Å². The molecular formula is C44H62N4O4. The molecule has 2 aliphatic rings. The molecule has 8 heteroatoms. The summed E-state index contributed by atoms with van der Waals surface area (Å²) in [6, 6.07) is 24.2. The Kier molecular flexibility index (Phi) is 17.8. The summed E-state index contributed by atoms with van der Waals surface area (Å²) in [5, 5.41) is 3.54. The molecule has 3 aromatic rings. The Labute approximate surface area is 313 Å². The molecule has 8 nitrogen and oxygen atoms in total. The van der Waals surface area contributed by atoms with Gasteiger partial charge in [-0.05, 0) is 89.0 Å². The predicted molar refractivity (Wildman–Crippen MR) is 216 cm³/mol. The van der Waals surface area contributed by atoms with Crippen molar-refractivity contribution < 1.29 is 19.0 Å². The van der Waals surface area contributed by atoms with Crippen LogP contribution in [0.15, 0.2) is 83.9 Å². The summed E-state index contributed by atoms with van der Waals surface area (Å²) in [7, 11) is 4.68. The third kappa shape index (κ3) is 13.8. The number of likely N-dealkylation sites (tertiary alicyclic amines) is 2. The molecule has 2 heterocycles. The Morgan fingerprint density at radius 2 is 1.19 bits per heavy atom. The highest BCUT2D eigenvalue weighted by molar-refractivity contribution is 5.96. The van der Waals surface area contributed by atoms with Gasteiger partial charge in [-0.25, -0.2) is 0 Å². The lowest BCUT2D eigenvalue weighted by Gasteiger charge is -2.30. The quantitative estimate of drug-likeness (QED) is 0.152. The van der Waals surface area contributed by atoms with Crippen LogP contribution < -0.4 is 19.5 Å². The number of hydrogen-bond acceptors (Lipinski definition) is 7. The number of piperidine rings is 2. The van der Waals surface area contributed by atoms with Gasteiger partial charge in [-0.15, -0.1) is 0 Å². The number of nitrogens with one attached hydrogen (secondary N) is 1. The summed E-state index contributed by atoms with van der Waals surface area (Å²) in [4.78, 5) is 20.6. The standard InChI is InChI=1S/C27H36N2O4.C17H26N2/c1-21(17-22-11-7-5-8-12-22)20-29(16-15-28-13-9-6-10-14-28)27(30)23-18-24(31-2)26(33-4)25(19-23)32-3;1-16(14-17-8-4-2-5-9-17)15-18-10-13-19-11-6-3-7-12-19/h5,7-8,11-12,17-19H,6,9-10,13-16,20H2,1-4H3;2,4-5,8-9,14,18H,3,6-7,10-13,15H2,1H3/b21-17+;16-14+. The van der Waals surface area contributed by atoms with E-state index in [0.29, 0.717) is 35.9 Å². The van der Waals surface area contributed by atoms with Gasteiger partial charge in [0.15, 0.2) is 11.5 Å². The summed E-state index contributed by atoms with van der Waals surface area (Å²) < 4.78 is 16.4. The van der Waals surface area contributed by atoms with Gasteiger partial charge < -0.3 is 34.2 Å². The van der Waals surface area contributed by atoms with E-state index in [1.807, 2.05) is 23.1 Å².